The highest BCUT2D eigenvalue weighted by Crippen LogP contribution is 2.16. The van der Waals surface area contributed by atoms with Gasteiger partial charge in [-0.2, -0.15) is 0 Å². The van der Waals surface area contributed by atoms with Gasteiger partial charge in [0, 0.05) is 44.8 Å². The Kier molecular flexibility index (Phi) is 8.61. The van der Waals surface area contributed by atoms with Crippen molar-refractivity contribution in [1.29, 1.82) is 0 Å². The molecular formula is C20H31N5O4S. The third kappa shape index (κ3) is 7.35. The highest BCUT2D eigenvalue weighted by atomic mass is 32.2. The van der Waals surface area contributed by atoms with Gasteiger partial charge in [-0.3, -0.25) is 19.4 Å². The Balaban J connectivity index is 1.47. The fourth-order valence-electron chi connectivity index (χ4n) is 3.38. The molecule has 2 heterocycles. The van der Waals surface area contributed by atoms with Crippen LogP contribution < -0.4 is 15.4 Å². The minimum absolute atomic E-state index is 0.104. The van der Waals surface area contributed by atoms with Gasteiger partial charge < -0.3 is 15.4 Å². The number of morpholine rings is 1. The van der Waals surface area contributed by atoms with Gasteiger partial charge in [0.05, 0.1) is 24.7 Å². The van der Waals surface area contributed by atoms with Crippen molar-refractivity contribution >= 4 is 27.5 Å². The average molecular weight is 438 g/mol. The lowest BCUT2D eigenvalue weighted by Gasteiger charge is -2.26. The summed E-state index contributed by atoms with van der Waals surface area (Å²) in [6.45, 7) is 5.70. The van der Waals surface area contributed by atoms with E-state index < -0.39 is 10.0 Å². The molecule has 1 aromatic rings. The van der Waals surface area contributed by atoms with E-state index in [1.165, 1.54) is 12.1 Å². The van der Waals surface area contributed by atoms with Crippen molar-refractivity contribution in [3.63, 3.8) is 0 Å². The number of aliphatic imine (C=N–C) groups is 1. The highest BCUT2D eigenvalue weighted by Gasteiger charge is 2.18. The number of nitrogens with zero attached hydrogens (tertiary/aromatic N) is 2. The summed E-state index contributed by atoms with van der Waals surface area (Å²) in [6.07, 6.45) is 3.59. The van der Waals surface area contributed by atoms with E-state index in [-0.39, 0.29) is 17.3 Å². The zero-order valence-corrected chi connectivity index (χ0v) is 18.0. The van der Waals surface area contributed by atoms with Gasteiger partial charge in [-0.1, -0.05) is 12.5 Å². The van der Waals surface area contributed by atoms with E-state index in [9.17, 15) is 13.2 Å². The molecule has 1 saturated heterocycles. The number of sulfonamides is 1. The van der Waals surface area contributed by atoms with E-state index in [2.05, 4.69) is 25.2 Å². The smallest absolute Gasteiger partial charge is 0.262 e. The second kappa shape index (κ2) is 11.4. The van der Waals surface area contributed by atoms with Crippen molar-refractivity contribution in [2.75, 3.05) is 57.8 Å². The first kappa shape index (κ1) is 22.7. The summed E-state index contributed by atoms with van der Waals surface area (Å²) in [6, 6.07) is 6.26. The maximum absolute atomic E-state index is 12.7. The predicted molar refractivity (Wildman–Crippen MR) is 116 cm³/mol. The molecule has 3 N–H and O–H groups in total. The Morgan fingerprint density at radius 2 is 2.00 bits per heavy atom. The summed E-state index contributed by atoms with van der Waals surface area (Å²) in [5, 5.41) is 5.87. The highest BCUT2D eigenvalue weighted by molar-refractivity contribution is 7.90. The molecular weight excluding hydrogens is 406 g/mol. The Bertz CT molecular complexity index is 837. The second-order valence-electron chi connectivity index (χ2n) is 7.45. The van der Waals surface area contributed by atoms with Crippen LogP contribution in [0.4, 0.5) is 5.69 Å². The van der Waals surface area contributed by atoms with Crippen molar-refractivity contribution in [1.82, 2.24) is 14.9 Å². The zero-order chi connectivity index (χ0) is 21.2. The number of carbonyl (C=O) groups excluding carboxylic acids is 1. The van der Waals surface area contributed by atoms with Gasteiger partial charge in [-0.05, 0) is 31.0 Å². The average Bonchev–Trinajstić information content (AvgIpc) is 3.00. The van der Waals surface area contributed by atoms with Crippen LogP contribution in [0.3, 0.4) is 0 Å². The summed E-state index contributed by atoms with van der Waals surface area (Å²) in [7, 11) is -3.73. The van der Waals surface area contributed by atoms with Crippen LogP contribution in [-0.2, 0) is 19.6 Å². The number of hydrogen-bond donors (Lipinski definition) is 3. The maximum atomic E-state index is 12.7. The lowest BCUT2D eigenvalue weighted by molar-refractivity contribution is -0.115. The first-order valence-electron chi connectivity index (χ1n) is 10.5. The molecule has 2 aliphatic rings. The molecule has 0 spiro atoms. The molecule has 0 aromatic heterocycles. The van der Waals surface area contributed by atoms with E-state index in [0.717, 1.165) is 52.1 Å². The minimum atomic E-state index is -3.73. The van der Waals surface area contributed by atoms with Gasteiger partial charge >= 0.3 is 0 Å². The largest absolute Gasteiger partial charge is 0.379 e. The number of ether oxygens (including phenoxy) is 1. The van der Waals surface area contributed by atoms with E-state index >= 15 is 0 Å². The second-order valence-corrected chi connectivity index (χ2v) is 9.13. The Hall–Kier alpha value is -2.01. The monoisotopic (exact) mass is 437 g/mol. The molecule has 1 aromatic carbocycles. The maximum Gasteiger partial charge on any atom is 0.262 e. The third-order valence-corrected chi connectivity index (χ3v) is 6.43. The summed E-state index contributed by atoms with van der Waals surface area (Å²) in [4.78, 5) is 18.9. The number of anilines is 1. The Labute approximate surface area is 178 Å². The number of amidine groups is 1. The molecule has 1 fully saturated rings. The number of carbonyl (C=O) groups is 1. The first-order chi connectivity index (χ1) is 14.5. The molecule has 0 radical (unpaired) electrons. The SMILES string of the molecule is O=C(CNCCN1CCOCC1)Nc1cccc(S(=O)(=O)NC2=NCCCCC2)c1. The summed E-state index contributed by atoms with van der Waals surface area (Å²) < 4.78 is 33.3. The molecule has 10 heteroatoms. The molecule has 30 heavy (non-hydrogen) atoms. The fourth-order valence-corrected chi connectivity index (χ4v) is 4.52. The van der Waals surface area contributed by atoms with Gasteiger partial charge in [0.15, 0.2) is 0 Å². The minimum Gasteiger partial charge on any atom is -0.379 e. The van der Waals surface area contributed by atoms with Crippen LogP contribution in [0, 0.1) is 0 Å². The lowest BCUT2D eigenvalue weighted by atomic mass is 10.2. The van der Waals surface area contributed by atoms with Gasteiger partial charge in [0.2, 0.25) is 5.91 Å². The first-order valence-corrected chi connectivity index (χ1v) is 12.0. The summed E-state index contributed by atoms with van der Waals surface area (Å²) in [5.74, 6) is 0.291. The third-order valence-electron chi connectivity index (χ3n) is 5.05. The molecule has 166 valence electrons. The quantitative estimate of drug-likeness (QED) is 0.519. The normalized spacial score (nSPS) is 18.3. The Morgan fingerprint density at radius 3 is 2.83 bits per heavy atom. The number of rotatable bonds is 8. The number of amides is 1. The number of benzene rings is 1. The van der Waals surface area contributed by atoms with Crippen molar-refractivity contribution in [3.8, 4) is 0 Å². The van der Waals surface area contributed by atoms with Crippen LogP contribution >= 0.6 is 0 Å². The lowest BCUT2D eigenvalue weighted by Crippen LogP contribution is -2.41. The number of nitrogens with one attached hydrogen (secondary N) is 3. The molecule has 2 aliphatic heterocycles. The number of hydrogen-bond acceptors (Lipinski definition) is 7. The van der Waals surface area contributed by atoms with Gasteiger partial charge in [0.25, 0.3) is 10.0 Å². The predicted octanol–water partition coefficient (Wildman–Crippen LogP) is 0.798. The van der Waals surface area contributed by atoms with Crippen LogP contribution in [0.25, 0.3) is 0 Å². The van der Waals surface area contributed by atoms with Crippen LogP contribution in [0.5, 0.6) is 0 Å². The van der Waals surface area contributed by atoms with Crippen LogP contribution in [-0.4, -0.2) is 77.5 Å². The summed E-state index contributed by atoms with van der Waals surface area (Å²) in [5.41, 5.74) is 0.445. The van der Waals surface area contributed by atoms with E-state index in [1.54, 1.807) is 12.1 Å². The van der Waals surface area contributed by atoms with Crippen molar-refractivity contribution in [2.24, 2.45) is 4.99 Å². The van der Waals surface area contributed by atoms with Gasteiger partial charge in [0.1, 0.15) is 5.84 Å². The summed E-state index contributed by atoms with van der Waals surface area (Å²) >= 11 is 0. The molecule has 0 saturated carbocycles. The van der Waals surface area contributed by atoms with E-state index in [0.29, 0.717) is 31.0 Å². The van der Waals surface area contributed by atoms with E-state index in [4.69, 9.17) is 4.74 Å². The van der Waals surface area contributed by atoms with Gasteiger partial charge in [-0.15, -0.1) is 0 Å². The molecule has 0 bridgehead atoms. The molecule has 1 amide bonds. The van der Waals surface area contributed by atoms with Crippen LogP contribution in [0.1, 0.15) is 25.7 Å². The van der Waals surface area contributed by atoms with Crippen molar-refractivity contribution in [2.45, 2.75) is 30.6 Å². The molecule has 0 atom stereocenters. The van der Waals surface area contributed by atoms with Crippen LogP contribution in [0.2, 0.25) is 0 Å². The zero-order valence-electron chi connectivity index (χ0n) is 17.2. The van der Waals surface area contributed by atoms with Gasteiger partial charge in [-0.25, -0.2) is 8.42 Å². The Morgan fingerprint density at radius 1 is 1.17 bits per heavy atom. The molecule has 3 rings (SSSR count). The molecule has 0 unspecified atom stereocenters. The fraction of sp³-hybridized carbons (Fsp3) is 0.600. The standard InChI is InChI=1S/C20H31N5O4S/c26-20(16-21-9-10-25-11-13-29-14-12-25)23-17-5-4-6-18(15-17)30(27,28)24-19-7-2-1-3-8-22-19/h4-6,15,21H,1-3,7-14,16H2,(H,22,24)(H,23,26). The van der Waals surface area contributed by atoms with Crippen LogP contribution in [0.15, 0.2) is 34.2 Å². The topological polar surface area (TPSA) is 112 Å². The van der Waals surface area contributed by atoms with Crippen molar-refractivity contribution < 1.29 is 17.9 Å². The van der Waals surface area contributed by atoms with E-state index in [1.807, 2.05) is 0 Å². The molecule has 9 nitrogen and oxygen atoms in total. The van der Waals surface area contributed by atoms with Crippen molar-refractivity contribution in [3.05, 3.63) is 24.3 Å². The molecule has 0 aliphatic carbocycles.